The van der Waals surface area contributed by atoms with E-state index in [4.69, 9.17) is 0 Å². The molecule has 3 nitrogen and oxygen atoms in total. The smallest absolute Gasteiger partial charge is 0.223 e. The van der Waals surface area contributed by atoms with Gasteiger partial charge < -0.3 is 10.0 Å². The third kappa shape index (κ3) is 2.62. The number of amides is 1. The summed E-state index contributed by atoms with van der Waals surface area (Å²) < 4.78 is 0. The molecule has 3 atom stereocenters. The van der Waals surface area contributed by atoms with Gasteiger partial charge >= 0.3 is 0 Å². The van der Waals surface area contributed by atoms with Crippen LogP contribution in [0.3, 0.4) is 0 Å². The van der Waals surface area contributed by atoms with Gasteiger partial charge in [0, 0.05) is 18.5 Å². The fraction of sp³-hybridized carbons (Fsp3) is 0.500. The Hall–Kier alpha value is -1.61. The van der Waals surface area contributed by atoms with Crippen molar-refractivity contribution < 1.29 is 9.90 Å². The lowest BCUT2D eigenvalue weighted by Crippen LogP contribution is -2.60. The van der Waals surface area contributed by atoms with Crippen LogP contribution in [0.2, 0.25) is 0 Å². The van der Waals surface area contributed by atoms with Gasteiger partial charge in [0.15, 0.2) is 0 Å². The number of piperidine rings is 1. The first-order chi connectivity index (χ1) is 10.1. The van der Waals surface area contributed by atoms with E-state index in [0.717, 1.165) is 25.7 Å². The van der Waals surface area contributed by atoms with E-state index in [1.54, 1.807) is 0 Å². The van der Waals surface area contributed by atoms with Crippen molar-refractivity contribution in [2.45, 2.75) is 50.3 Å². The fourth-order valence-corrected chi connectivity index (χ4v) is 4.02. The Morgan fingerprint density at radius 2 is 2.14 bits per heavy atom. The van der Waals surface area contributed by atoms with Crippen LogP contribution in [0.1, 0.15) is 37.7 Å². The van der Waals surface area contributed by atoms with Gasteiger partial charge in [0.2, 0.25) is 5.91 Å². The Morgan fingerprint density at radius 1 is 1.38 bits per heavy atom. The van der Waals surface area contributed by atoms with Gasteiger partial charge in [0.25, 0.3) is 0 Å². The molecular formula is C18H23NO2. The monoisotopic (exact) mass is 285 g/mol. The summed E-state index contributed by atoms with van der Waals surface area (Å²) in [6.07, 6.45) is 5.46. The van der Waals surface area contributed by atoms with Crippen LogP contribution in [0.5, 0.6) is 0 Å². The molecule has 0 radical (unpaired) electrons. The molecule has 3 heteroatoms. The van der Waals surface area contributed by atoms with E-state index in [-0.39, 0.29) is 23.5 Å². The second-order valence-electron chi connectivity index (χ2n) is 6.46. The van der Waals surface area contributed by atoms with Gasteiger partial charge in [0.05, 0.1) is 6.10 Å². The van der Waals surface area contributed by atoms with Crippen LogP contribution in [-0.2, 0) is 11.3 Å². The average Bonchev–Trinajstić information content (AvgIpc) is 2.49. The predicted octanol–water partition coefficient (Wildman–Crippen LogP) is 2.89. The molecule has 1 heterocycles. The Morgan fingerprint density at radius 3 is 2.86 bits per heavy atom. The number of aliphatic hydroxyl groups excluding tert-OH is 1. The van der Waals surface area contributed by atoms with Crippen LogP contribution in [-0.4, -0.2) is 27.6 Å². The standard InChI is InChI=1S/C18H23NO2/c1-2-9-18-10-8-16(20)15(12-18)11-17(21)19(18)13-14-6-4-3-5-7-14/h2-7,15-16,20H,1,8-13H2/t15-,16+,18-/m0/s1. The van der Waals surface area contributed by atoms with Crippen LogP contribution in [0.25, 0.3) is 0 Å². The lowest BCUT2D eigenvalue weighted by molar-refractivity contribution is -0.155. The van der Waals surface area contributed by atoms with Gasteiger partial charge in [0.1, 0.15) is 0 Å². The molecule has 1 aromatic rings. The van der Waals surface area contributed by atoms with Crippen molar-refractivity contribution in [3.63, 3.8) is 0 Å². The molecule has 0 aromatic heterocycles. The summed E-state index contributed by atoms with van der Waals surface area (Å²) in [5, 5.41) is 10.1. The molecule has 112 valence electrons. The van der Waals surface area contributed by atoms with Gasteiger partial charge in [-0.25, -0.2) is 0 Å². The summed E-state index contributed by atoms with van der Waals surface area (Å²) in [6, 6.07) is 10.2. The highest BCUT2D eigenvalue weighted by Crippen LogP contribution is 2.46. The van der Waals surface area contributed by atoms with Gasteiger partial charge in [-0.2, -0.15) is 0 Å². The van der Waals surface area contributed by atoms with Crippen molar-refractivity contribution in [2.24, 2.45) is 5.92 Å². The molecule has 1 N–H and O–H groups in total. The summed E-state index contributed by atoms with van der Waals surface area (Å²) >= 11 is 0. The number of rotatable bonds is 4. The van der Waals surface area contributed by atoms with Crippen molar-refractivity contribution in [2.75, 3.05) is 0 Å². The van der Waals surface area contributed by atoms with E-state index in [2.05, 4.69) is 18.7 Å². The molecule has 3 rings (SSSR count). The van der Waals surface area contributed by atoms with Crippen molar-refractivity contribution in [1.82, 2.24) is 4.90 Å². The van der Waals surface area contributed by atoms with Crippen LogP contribution in [0.15, 0.2) is 43.0 Å². The number of aliphatic hydroxyl groups is 1. The summed E-state index contributed by atoms with van der Waals surface area (Å²) in [4.78, 5) is 14.7. The largest absolute Gasteiger partial charge is 0.393 e. The third-order valence-corrected chi connectivity index (χ3v) is 5.11. The van der Waals surface area contributed by atoms with Gasteiger partial charge in [-0.3, -0.25) is 4.79 Å². The Labute approximate surface area is 126 Å². The molecule has 1 aromatic carbocycles. The molecular weight excluding hydrogens is 262 g/mol. The average molecular weight is 285 g/mol. The zero-order valence-corrected chi connectivity index (χ0v) is 12.4. The Bertz CT molecular complexity index is 527. The molecule has 0 spiro atoms. The summed E-state index contributed by atoms with van der Waals surface area (Å²) in [5.74, 6) is 0.300. The number of nitrogens with zero attached hydrogens (tertiary/aromatic N) is 1. The minimum absolute atomic E-state index is 0.123. The lowest BCUT2D eigenvalue weighted by atomic mass is 9.67. The van der Waals surface area contributed by atoms with E-state index in [9.17, 15) is 9.90 Å². The van der Waals surface area contributed by atoms with Crippen LogP contribution >= 0.6 is 0 Å². The van der Waals surface area contributed by atoms with Gasteiger partial charge in [-0.15, -0.1) is 6.58 Å². The van der Waals surface area contributed by atoms with E-state index in [1.165, 1.54) is 5.56 Å². The van der Waals surface area contributed by atoms with Gasteiger partial charge in [-0.1, -0.05) is 36.4 Å². The van der Waals surface area contributed by atoms with E-state index >= 15 is 0 Å². The molecule has 2 aliphatic rings. The number of likely N-dealkylation sites (tertiary alicyclic amines) is 1. The maximum atomic E-state index is 12.6. The first-order valence-electron chi connectivity index (χ1n) is 7.78. The molecule has 1 aliphatic carbocycles. The van der Waals surface area contributed by atoms with E-state index < -0.39 is 0 Å². The number of fused-ring (bicyclic) bond motifs is 2. The van der Waals surface area contributed by atoms with E-state index in [1.807, 2.05) is 29.2 Å². The van der Waals surface area contributed by atoms with Crippen LogP contribution < -0.4 is 0 Å². The maximum absolute atomic E-state index is 12.6. The highest BCUT2D eigenvalue weighted by Gasteiger charge is 2.49. The highest BCUT2D eigenvalue weighted by atomic mass is 16.3. The van der Waals surface area contributed by atoms with E-state index in [0.29, 0.717) is 13.0 Å². The second-order valence-corrected chi connectivity index (χ2v) is 6.46. The van der Waals surface area contributed by atoms with Crippen LogP contribution in [0.4, 0.5) is 0 Å². The number of carbonyl (C=O) groups is 1. The highest BCUT2D eigenvalue weighted by molar-refractivity contribution is 5.78. The SMILES string of the molecule is C=CC[C@@]12CC[C@@H](O)[C@@H](CC(=O)N1Cc1ccccc1)C2. The molecule has 0 unspecified atom stereocenters. The number of hydrogen-bond donors (Lipinski definition) is 1. The maximum Gasteiger partial charge on any atom is 0.223 e. The Kier molecular flexibility index (Phi) is 3.85. The van der Waals surface area contributed by atoms with Crippen molar-refractivity contribution in [3.05, 3.63) is 48.6 Å². The minimum Gasteiger partial charge on any atom is -0.393 e. The molecule has 2 fully saturated rings. The van der Waals surface area contributed by atoms with Crippen molar-refractivity contribution in [1.29, 1.82) is 0 Å². The second kappa shape index (κ2) is 5.64. The first kappa shape index (κ1) is 14.3. The molecule has 1 saturated heterocycles. The number of carbonyl (C=O) groups excluding carboxylic acids is 1. The number of hydrogen-bond acceptors (Lipinski definition) is 2. The summed E-state index contributed by atoms with van der Waals surface area (Å²) in [5.41, 5.74) is 1.02. The normalized spacial score (nSPS) is 32.0. The number of benzene rings is 1. The summed E-state index contributed by atoms with van der Waals surface area (Å²) in [6.45, 7) is 4.55. The minimum atomic E-state index is -0.314. The topological polar surface area (TPSA) is 40.5 Å². The van der Waals surface area contributed by atoms with Crippen molar-refractivity contribution in [3.8, 4) is 0 Å². The molecule has 21 heavy (non-hydrogen) atoms. The Balaban J connectivity index is 1.89. The zero-order valence-electron chi connectivity index (χ0n) is 12.4. The molecule has 1 amide bonds. The van der Waals surface area contributed by atoms with Crippen molar-refractivity contribution >= 4 is 5.91 Å². The molecule has 2 bridgehead atoms. The van der Waals surface area contributed by atoms with Crippen LogP contribution in [0, 0.1) is 5.92 Å². The quantitative estimate of drug-likeness (QED) is 0.864. The predicted molar refractivity (Wildman–Crippen MR) is 82.5 cm³/mol. The van der Waals surface area contributed by atoms with Gasteiger partial charge in [-0.05, 0) is 37.2 Å². The first-order valence-corrected chi connectivity index (χ1v) is 7.78. The third-order valence-electron chi connectivity index (χ3n) is 5.11. The molecule has 1 aliphatic heterocycles. The lowest BCUT2D eigenvalue weighted by Gasteiger charge is -2.54. The summed E-state index contributed by atoms with van der Waals surface area (Å²) in [7, 11) is 0. The molecule has 1 saturated carbocycles. The fourth-order valence-electron chi connectivity index (χ4n) is 4.02. The zero-order chi connectivity index (χ0) is 14.9.